The van der Waals surface area contributed by atoms with Gasteiger partial charge < -0.3 is 38.7 Å². The van der Waals surface area contributed by atoms with Crippen LogP contribution in [0.2, 0.25) is 0 Å². The van der Waals surface area contributed by atoms with E-state index in [1.165, 1.54) is 0 Å². The van der Waals surface area contributed by atoms with Crippen molar-refractivity contribution in [2.45, 2.75) is 82.6 Å². The summed E-state index contributed by atoms with van der Waals surface area (Å²) in [6, 6.07) is 15.1. The maximum Gasteiger partial charge on any atom is 0.410 e. The van der Waals surface area contributed by atoms with Crippen molar-refractivity contribution in [3.05, 3.63) is 96.6 Å². The number of hydrogen-bond donors (Lipinski definition) is 2. The first-order valence-electron chi connectivity index (χ1n) is 19.9. The van der Waals surface area contributed by atoms with Crippen molar-refractivity contribution in [2.75, 3.05) is 53.3 Å². The molecule has 0 spiro atoms. The van der Waals surface area contributed by atoms with Crippen LogP contribution in [0, 0.1) is 17.8 Å². The fourth-order valence-corrected chi connectivity index (χ4v) is 8.65. The number of oxime groups is 1. The predicted molar refractivity (Wildman–Crippen MR) is 212 cm³/mol. The van der Waals surface area contributed by atoms with Crippen LogP contribution < -0.4 is 9.47 Å². The predicted octanol–water partition coefficient (Wildman–Crippen LogP) is 7.58. The Kier molecular flexibility index (Phi) is 16.2. The lowest BCUT2D eigenvalue weighted by Gasteiger charge is -2.59. The minimum atomic E-state index is -1.35. The van der Waals surface area contributed by atoms with Gasteiger partial charge in [0.15, 0.2) is 0 Å². The van der Waals surface area contributed by atoms with Crippen LogP contribution in [0.25, 0.3) is 0 Å². The van der Waals surface area contributed by atoms with E-state index < -0.39 is 23.8 Å². The number of amides is 1. The van der Waals surface area contributed by atoms with Crippen molar-refractivity contribution >= 4 is 11.8 Å². The van der Waals surface area contributed by atoms with Crippen molar-refractivity contribution < 1.29 is 43.5 Å². The zero-order chi connectivity index (χ0) is 39.0. The Hall–Kier alpha value is -4.16. The molecule has 1 aliphatic heterocycles. The average molecular weight is 761 g/mol. The second kappa shape index (κ2) is 21.2. The number of allylic oxidation sites excluding steroid dienone is 1. The van der Waals surface area contributed by atoms with Crippen molar-refractivity contribution in [1.82, 2.24) is 4.90 Å². The van der Waals surface area contributed by atoms with Crippen LogP contribution >= 0.6 is 0 Å². The summed E-state index contributed by atoms with van der Waals surface area (Å²) in [5, 5.41) is 24.2. The summed E-state index contributed by atoms with van der Waals surface area (Å²) < 4.78 is 32.0. The van der Waals surface area contributed by atoms with Gasteiger partial charge in [-0.2, -0.15) is 0 Å². The smallest absolute Gasteiger partial charge is 0.410 e. The maximum atomic E-state index is 14.3. The molecule has 6 atom stereocenters. The summed E-state index contributed by atoms with van der Waals surface area (Å²) in [6.07, 6.45) is 11.0. The Labute approximate surface area is 326 Å². The summed E-state index contributed by atoms with van der Waals surface area (Å²) in [5.74, 6) is -0.293. The molecule has 11 nitrogen and oxygen atoms in total. The van der Waals surface area contributed by atoms with Crippen LogP contribution in [0.1, 0.15) is 75.3 Å². The summed E-state index contributed by atoms with van der Waals surface area (Å²) in [7, 11) is 1.54. The number of unbranched alkanes of at least 4 members (excludes halogenated alkanes) is 2. The molecule has 1 heterocycles. The summed E-state index contributed by atoms with van der Waals surface area (Å²) in [4.78, 5) is 21.5. The number of nitrogens with zero attached hydrogens (tertiary/aromatic N) is 2. The number of fused-ring (bicyclic) bond motifs is 2. The minimum absolute atomic E-state index is 0.0783. The van der Waals surface area contributed by atoms with Gasteiger partial charge in [-0.05, 0) is 73.3 Å². The van der Waals surface area contributed by atoms with Gasteiger partial charge >= 0.3 is 6.09 Å². The third kappa shape index (κ3) is 9.99. The molecule has 1 saturated carbocycles. The number of carbonyl (C=O) groups is 1. The SMILES string of the molecule is C=CCOc1ccc2c(c1)[C@H]1[C@H](CCCCO)[C@@H](CCCCO)C=C3C(=NOC)C[C@H](N(CCC)C(=O)OCCOCc4ccccc4)[C@@](OCC=C)(O2)[C@H]31. The largest absolute Gasteiger partial charge is 0.490 e. The van der Waals surface area contributed by atoms with Crippen LogP contribution in [0.5, 0.6) is 11.5 Å². The number of aliphatic hydroxyl groups excluding tert-OH is 2. The number of benzene rings is 2. The fourth-order valence-electron chi connectivity index (χ4n) is 8.65. The van der Waals surface area contributed by atoms with Gasteiger partial charge in [0.2, 0.25) is 5.79 Å². The van der Waals surface area contributed by atoms with Gasteiger partial charge in [0.1, 0.15) is 37.9 Å². The highest BCUT2D eigenvalue weighted by Gasteiger charge is 2.65. The second-order valence-corrected chi connectivity index (χ2v) is 14.4. The van der Waals surface area contributed by atoms with Crippen LogP contribution in [-0.2, 0) is 25.7 Å². The van der Waals surface area contributed by atoms with E-state index in [2.05, 4.69) is 30.5 Å². The molecule has 1 fully saturated rings. The first-order chi connectivity index (χ1) is 27.0. The summed E-state index contributed by atoms with van der Waals surface area (Å²) >= 11 is 0. The number of ether oxygens (including phenoxy) is 5. The van der Waals surface area contributed by atoms with E-state index in [-0.39, 0.29) is 50.8 Å². The molecule has 2 N–H and O–H groups in total. The number of carbonyl (C=O) groups excluding carboxylic acids is 1. The molecule has 2 aromatic carbocycles. The molecule has 11 heteroatoms. The Balaban J connectivity index is 1.61. The zero-order valence-electron chi connectivity index (χ0n) is 32.6. The van der Waals surface area contributed by atoms with Gasteiger partial charge in [0.05, 0.1) is 31.5 Å². The summed E-state index contributed by atoms with van der Waals surface area (Å²) in [6.45, 7) is 11.7. The van der Waals surface area contributed by atoms with Gasteiger partial charge in [-0.25, -0.2) is 4.79 Å². The highest BCUT2D eigenvalue weighted by molar-refractivity contribution is 6.02. The molecule has 1 amide bonds. The van der Waals surface area contributed by atoms with E-state index in [0.717, 1.165) is 48.1 Å². The monoisotopic (exact) mass is 760 g/mol. The molecular weight excluding hydrogens is 700 g/mol. The topological polar surface area (TPSA) is 129 Å². The molecule has 0 aromatic heterocycles. The quantitative estimate of drug-likeness (QED) is 0.0670. The van der Waals surface area contributed by atoms with Gasteiger partial charge in [0, 0.05) is 37.7 Å². The highest BCUT2D eigenvalue weighted by atomic mass is 16.7. The van der Waals surface area contributed by atoms with E-state index in [9.17, 15) is 15.0 Å². The Morgan fingerprint density at radius 3 is 2.49 bits per heavy atom. The molecule has 3 aliphatic rings. The van der Waals surface area contributed by atoms with Crippen LogP contribution in [0.4, 0.5) is 4.79 Å². The standard InChI is InChI=1S/C44H60N2O9/c1-5-21-46(43(49)53-27-26-51-31-32-15-9-8-10-16-32)40-30-38(45-50-4)36-28-33(17-11-13-22-47)35(18-12-14-23-48)41-37-29-34(52-24-6-2)19-20-39(37)55-44(40,42(36)41)54-25-7-3/h6-10,15-16,19-20,28-29,33,35,40-42,47-48H,2-3,5,11-14,17-18,21-27,30-31H2,1,4H3/t33-,35+,40-,41+,42+,44+/m0/s1. The molecule has 0 saturated heterocycles. The normalized spacial score (nSPS) is 24.5. The third-order valence-electron chi connectivity index (χ3n) is 10.9. The van der Waals surface area contributed by atoms with Crippen LogP contribution in [0.15, 0.2) is 90.6 Å². The Morgan fingerprint density at radius 2 is 1.78 bits per heavy atom. The van der Waals surface area contributed by atoms with Crippen molar-refractivity contribution in [3.63, 3.8) is 0 Å². The Morgan fingerprint density at radius 1 is 1.02 bits per heavy atom. The van der Waals surface area contributed by atoms with E-state index >= 15 is 0 Å². The number of hydrogen-bond acceptors (Lipinski definition) is 10. The third-order valence-corrected chi connectivity index (χ3v) is 10.9. The minimum Gasteiger partial charge on any atom is -0.490 e. The molecule has 0 unspecified atom stereocenters. The lowest BCUT2D eigenvalue weighted by molar-refractivity contribution is -0.255. The molecule has 55 heavy (non-hydrogen) atoms. The van der Waals surface area contributed by atoms with Gasteiger partial charge in [-0.3, -0.25) is 4.90 Å². The molecule has 300 valence electrons. The van der Waals surface area contributed by atoms with Crippen molar-refractivity contribution in [1.29, 1.82) is 0 Å². The lowest BCUT2D eigenvalue weighted by Crippen LogP contribution is -2.70. The van der Waals surface area contributed by atoms with Crippen LogP contribution in [0.3, 0.4) is 0 Å². The average Bonchev–Trinajstić information content (AvgIpc) is 3.20. The van der Waals surface area contributed by atoms with E-state index in [1.807, 2.05) is 49.4 Å². The van der Waals surface area contributed by atoms with E-state index in [1.54, 1.807) is 24.2 Å². The number of rotatable bonds is 23. The van der Waals surface area contributed by atoms with E-state index in [4.69, 9.17) is 28.5 Å². The molecule has 2 aromatic rings. The summed E-state index contributed by atoms with van der Waals surface area (Å²) in [5.41, 5.74) is 3.74. The van der Waals surface area contributed by atoms with Gasteiger partial charge in [-0.15, -0.1) is 6.58 Å². The molecular formula is C44H60N2O9. The van der Waals surface area contributed by atoms with Crippen molar-refractivity contribution in [3.8, 4) is 11.5 Å². The first kappa shape index (κ1) is 42.0. The maximum absolute atomic E-state index is 14.3. The number of aliphatic hydroxyl groups is 2. The fraction of sp³-hybridized carbons (Fsp3) is 0.545. The van der Waals surface area contributed by atoms with Crippen molar-refractivity contribution in [2.24, 2.45) is 22.9 Å². The van der Waals surface area contributed by atoms with Gasteiger partial charge in [-0.1, -0.05) is 80.1 Å². The van der Waals surface area contributed by atoms with Crippen LogP contribution in [-0.4, -0.2) is 92.0 Å². The lowest BCUT2D eigenvalue weighted by atomic mass is 9.55. The Bertz CT molecular complexity index is 1600. The zero-order valence-corrected chi connectivity index (χ0v) is 32.6. The molecule has 0 radical (unpaired) electrons. The second-order valence-electron chi connectivity index (χ2n) is 14.4. The van der Waals surface area contributed by atoms with Gasteiger partial charge in [0.25, 0.3) is 0 Å². The molecule has 0 bridgehead atoms. The highest BCUT2D eigenvalue weighted by Crippen LogP contribution is 2.62. The van der Waals surface area contributed by atoms with E-state index in [0.29, 0.717) is 56.9 Å². The first-order valence-corrected chi connectivity index (χ1v) is 19.9. The molecule has 5 rings (SSSR count). The molecule has 2 aliphatic carbocycles.